The highest BCUT2D eigenvalue weighted by Gasteiger charge is 2.09. The maximum atomic E-state index is 11.1. The van der Waals surface area contributed by atoms with Gasteiger partial charge in [0.05, 0.1) is 10.5 Å². The lowest BCUT2D eigenvalue weighted by Crippen LogP contribution is -2.19. The van der Waals surface area contributed by atoms with E-state index in [-0.39, 0.29) is 10.7 Å². The average Bonchev–Trinajstić information content (AvgIpc) is 2.35. The third kappa shape index (κ3) is 2.57. The fourth-order valence-electron chi connectivity index (χ4n) is 0.616. The van der Waals surface area contributed by atoms with Crippen LogP contribution in [0.3, 0.4) is 0 Å². The molecule has 0 saturated carbocycles. The lowest BCUT2D eigenvalue weighted by atomic mass is 10.5. The zero-order valence-corrected chi connectivity index (χ0v) is 9.20. The molecular weight excluding hydrogens is 240 g/mol. The summed E-state index contributed by atoms with van der Waals surface area (Å²) in [6.45, 7) is 3.67. The van der Waals surface area contributed by atoms with Crippen LogP contribution in [0.5, 0.6) is 0 Å². The molecule has 1 heterocycles. The molecule has 1 aromatic rings. The number of rotatable bonds is 2. The Morgan fingerprint density at radius 1 is 1.83 bits per heavy atom. The molecule has 12 heavy (non-hydrogen) atoms. The van der Waals surface area contributed by atoms with Gasteiger partial charge >= 0.3 is 0 Å². The van der Waals surface area contributed by atoms with Gasteiger partial charge in [0.25, 0.3) is 0 Å². The highest BCUT2D eigenvalue weighted by atomic mass is 79.9. The number of anilines is 1. The summed E-state index contributed by atoms with van der Waals surface area (Å²) in [4.78, 5) is 15.0. The van der Waals surface area contributed by atoms with Crippen molar-refractivity contribution in [2.24, 2.45) is 0 Å². The minimum absolute atomic E-state index is 0.0654. The Hall–Kier alpha value is -0.420. The van der Waals surface area contributed by atoms with Crippen LogP contribution in [0.1, 0.15) is 12.6 Å². The van der Waals surface area contributed by atoms with Gasteiger partial charge < -0.3 is 5.32 Å². The van der Waals surface area contributed by atoms with E-state index < -0.39 is 0 Å². The standard InChI is InChI=1S/C7H9BrN2OS/c1-4-3-12-7(9-4)10-6(11)5(2)8/h3,5H,1-2H3,(H,9,10,11). The molecule has 1 atom stereocenters. The fourth-order valence-corrected chi connectivity index (χ4v) is 1.42. The van der Waals surface area contributed by atoms with Crippen molar-refractivity contribution in [1.82, 2.24) is 4.98 Å². The number of nitrogens with one attached hydrogen (secondary N) is 1. The molecule has 0 aliphatic rings. The van der Waals surface area contributed by atoms with Crippen LogP contribution in [0.15, 0.2) is 5.38 Å². The zero-order chi connectivity index (χ0) is 9.14. The van der Waals surface area contributed by atoms with Gasteiger partial charge in [-0.2, -0.15) is 0 Å². The maximum absolute atomic E-state index is 11.1. The number of thiazole rings is 1. The van der Waals surface area contributed by atoms with E-state index in [9.17, 15) is 4.79 Å². The van der Waals surface area contributed by atoms with E-state index in [1.807, 2.05) is 12.3 Å². The van der Waals surface area contributed by atoms with Crippen molar-refractivity contribution in [3.8, 4) is 0 Å². The van der Waals surface area contributed by atoms with Crippen molar-refractivity contribution in [3.05, 3.63) is 11.1 Å². The Morgan fingerprint density at radius 3 is 2.92 bits per heavy atom. The molecule has 3 nitrogen and oxygen atoms in total. The molecule has 5 heteroatoms. The van der Waals surface area contributed by atoms with Gasteiger partial charge in [-0.3, -0.25) is 4.79 Å². The number of aromatic nitrogens is 1. The van der Waals surface area contributed by atoms with E-state index in [0.717, 1.165) is 5.69 Å². The van der Waals surface area contributed by atoms with E-state index in [1.54, 1.807) is 6.92 Å². The summed E-state index contributed by atoms with van der Waals surface area (Å²) in [6.07, 6.45) is 0. The number of carbonyl (C=O) groups is 1. The Morgan fingerprint density at radius 2 is 2.50 bits per heavy atom. The first kappa shape index (κ1) is 9.67. The molecule has 66 valence electrons. The molecule has 1 rings (SSSR count). The number of aryl methyl sites for hydroxylation is 1. The minimum Gasteiger partial charge on any atom is -0.301 e. The number of hydrogen-bond acceptors (Lipinski definition) is 3. The molecule has 0 saturated heterocycles. The van der Waals surface area contributed by atoms with Gasteiger partial charge in [0.15, 0.2) is 5.13 Å². The van der Waals surface area contributed by atoms with Gasteiger partial charge in [-0.25, -0.2) is 4.98 Å². The second kappa shape index (κ2) is 4.00. The van der Waals surface area contributed by atoms with E-state index in [1.165, 1.54) is 11.3 Å². The molecule has 1 unspecified atom stereocenters. The van der Waals surface area contributed by atoms with Crippen LogP contribution in [0.4, 0.5) is 5.13 Å². The van der Waals surface area contributed by atoms with Crippen LogP contribution in [0.2, 0.25) is 0 Å². The average molecular weight is 249 g/mol. The van der Waals surface area contributed by atoms with Crippen molar-refractivity contribution in [1.29, 1.82) is 0 Å². The SMILES string of the molecule is Cc1csc(NC(=O)C(C)Br)n1. The first-order chi connectivity index (χ1) is 5.59. The third-order valence-electron chi connectivity index (χ3n) is 1.21. The molecule has 0 bridgehead atoms. The van der Waals surface area contributed by atoms with Gasteiger partial charge in [0, 0.05) is 5.38 Å². The number of carbonyl (C=O) groups excluding carboxylic acids is 1. The predicted octanol–water partition coefficient (Wildman–Crippen LogP) is 2.17. The van der Waals surface area contributed by atoms with Crippen molar-refractivity contribution in [2.75, 3.05) is 5.32 Å². The van der Waals surface area contributed by atoms with Gasteiger partial charge in [0.2, 0.25) is 5.91 Å². The summed E-state index contributed by atoms with van der Waals surface area (Å²) in [7, 11) is 0. The third-order valence-corrected chi connectivity index (χ3v) is 2.50. The molecule has 1 aromatic heterocycles. The van der Waals surface area contributed by atoms with Gasteiger partial charge in [0.1, 0.15) is 0 Å². The number of alkyl halides is 1. The molecule has 0 spiro atoms. The van der Waals surface area contributed by atoms with Crippen LogP contribution >= 0.6 is 27.3 Å². The number of nitrogens with zero attached hydrogens (tertiary/aromatic N) is 1. The first-order valence-corrected chi connectivity index (χ1v) is 5.26. The van der Waals surface area contributed by atoms with Crippen molar-refractivity contribution in [3.63, 3.8) is 0 Å². The van der Waals surface area contributed by atoms with Gasteiger partial charge in [-0.05, 0) is 13.8 Å². The second-order valence-corrected chi connectivity index (χ2v) is 4.63. The van der Waals surface area contributed by atoms with E-state index in [4.69, 9.17) is 0 Å². The summed E-state index contributed by atoms with van der Waals surface area (Å²) in [5.74, 6) is -0.0654. The van der Waals surface area contributed by atoms with Gasteiger partial charge in [-0.15, -0.1) is 11.3 Å². The maximum Gasteiger partial charge on any atom is 0.239 e. The predicted molar refractivity (Wildman–Crippen MR) is 53.9 cm³/mol. The van der Waals surface area contributed by atoms with Crippen LogP contribution in [0.25, 0.3) is 0 Å². The van der Waals surface area contributed by atoms with Crippen LogP contribution in [-0.4, -0.2) is 15.7 Å². The second-order valence-electron chi connectivity index (χ2n) is 2.40. The Bertz CT molecular complexity index is 285. The van der Waals surface area contributed by atoms with Gasteiger partial charge in [-0.1, -0.05) is 15.9 Å². The summed E-state index contributed by atoms with van der Waals surface area (Å²) in [5, 5.41) is 5.24. The monoisotopic (exact) mass is 248 g/mol. The molecule has 0 fully saturated rings. The Labute approximate surface area is 83.3 Å². The fraction of sp³-hybridized carbons (Fsp3) is 0.429. The molecule has 0 aromatic carbocycles. The molecular formula is C7H9BrN2OS. The molecule has 1 N–H and O–H groups in total. The normalized spacial score (nSPS) is 12.6. The summed E-state index contributed by atoms with van der Waals surface area (Å²) in [6, 6.07) is 0. The van der Waals surface area contributed by atoms with Crippen LogP contribution < -0.4 is 5.32 Å². The lowest BCUT2D eigenvalue weighted by molar-refractivity contribution is -0.115. The topological polar surface area (TPSA) is 42.0 Å². The summed E-state index contributed by atoms with van der Waals surface area (Å²) >= 11 is 4.60. The number of amides is 1. The minimum atomic E-state index is -0.179. The molecule has 0 radical (unpaired) electrons. The van der Waals surface area contributed by atoms with Crippen molar-refractivity contribution < 1.29 is 4.79 Å². The Balaban J connectivity index is 2.58. The van der Waals surface area contributed by atoms with Crippen LogP contribution in [-0.2, 0) is 4.79 Å². The highest BCUT2D eigenvalue weighted by molar-refractivity contribution is 9.10. The smallest absolute Gasteiger partial charge is 0.239 e. The molecule has 0 aliphatic heterocycles. The van der Waals surface area contributed by atoms with E-state index in [0.29, 0.717) is 5.13 Å². The van der Waals surface area contributed by atoms with Crippen molar-refractivity contribution in [2.45, 2.75) is 18.7 Å². The molecule has 1 amide bonds. The number of hydrogen-bond donors (Lipinski definition) is 1. The van der Waals surface area contributed by atoms with E-state index in [2.05, 4.69) is 26.2 Å². The van der Waals surface area contributed by atoms with E-state index >= 15 is 0 Å². The Kier molecular flexibility index (Phi) is 3.22. The summed E-state index contributed by atoms with van der Waals surface area (Å²) in [5.41, 5.74) is 0.928. The largest absolute Gasteiger partial charge is 0.301 e. The quantitative estimate of drug-likeness (QED) is 0.816. The van der Waals surface area contributed by atoms with Crippen LogP contribution in [0, 0.1) is 6.92 Å². The lowest BCUT2D eigenvalue weighted by Gasteiger charge is -2.01. The molecule has 0 aliphatic carbocycles. The zero-order valence-electron chi connectivity index (χ0n) is 6.80. The van der Waals surface area contributed by atoms with Crippen molar-refractivity contribution >= 4 is 38.3 Å². The summed E-state index contributed by atoms with van der Waals surface area (Å²) < 4.78 is 0. The number of halogens is 1. The highest BCUT2D eigenvalue weighted by Crippen LogP contribution is 2.15. The first-order valence-electron chi connectivity index (χ1n) is 3.46.